The molecular formula is C11H12FNO4S. The number of aliphatic carboxylic acids is 1. The number of carboxylic acid groups (broad SMARTS) is 1. The summed E-state index contributed by atoms with van der Waals surface area (Å²) in [6.45, 7) is 0.145. The Morgan fingerprint density at radius 3 is 2.44 bits per heavy atom. The largest absolute Gasteiger partial charge is 0.481 e. The fraction of sp³-hybridized carbons (Fsp3) is 0.364. The Kier molecular flexibility index (Phi) is 3.36. The first-order valence-corrected chi connectivity index (χ1v) is 6.84. The molecule has 1 aliphatic heterocycles. The number of hydrogen-bond donors (Lipinski definition) is 1. The first-order chi connectivity index (χ1) is 8.41. The van der Waals surface area contributed by atoms with Crippen molar-refractivity contribution in [3.05, 3.63) is 30.1 Å². The highest BCUT2D eigenvalue weighted by atomic mass is 32.2. The molecule has 0 bridgehead atoms. The minimum atomic E-state index is -3.72. The van der Waals surface area contributed by atoms with Crippen LogP contribution >= 0.6 is 0 Å². The average Bonchev–Trinajstić information content (AvgIpc) is 2.79. The van der Waals surface area contributed by atoms with E-state index in [1.54, 1.807) is 0 Å². The van der Waals surface area contributed by atoms with Crippen molar-refractivity contribution in [2.24, 2.45) is 5.92 Å². The maximum absolute atomic E-state index is 12.7. The molecule has 0 amide bonds. The van der Waals surface area contributed by atoms with E-state index in [0.29, 0.717) is 6.42 Å². The van der Waals surface area contributed by atoms with Gasteiger partial charge in [0, 0.05) is 13.1 Å². The summed E-state index contributed by atoms with van der Waals surface area (Å²) in [7, 11) is -3.72. The quantitative estimate of drug-likeness (QED) is 0.888. The van der Waals surface area contributed by atoms with E-state index in [0.717, 1.165) is 16.4 Å². The number of carbonyl (C=O) groups is 1. The number of nitrogens with zero attached hydrogens (tertiary/aromatic N) is 1. The summed E-state index contributed by atoms with van der Waals surface area (Å²) in [5, 5.41) is 8.83. The lowest BCUT2D eigenvalue weighted by molar-refractivity contribution is -0.141. The number of halogens is 1. The summed E-state index contributed by atoms with van der Waals surface area (Å²) >= 11 is 0. The molecular weight excluding hydrogens is 261 g/mol. The molecule has 18 heavy (non-hydrogen) atoms. The molecule has 0 aliphatic carbocycles. The first-order valence-electron chi connectivity index (χ1n) is 5.40. The van der Waals surface area contributed by atoms with E-state index in [1.807, 2.05) is 0 Å². The van der Waals surface area contributed by atoms with Gasteiger partial charge in [-0.05, 0) is 30.7 Å². The van der Waals surface area contributed by atoms with E-state index in [9.17, 15) is 17.6 Å². The molecule has 1 saturated heterocycles. The second-order valence-corrected chi connectivity index (χ2v) is 6.08. The molecule has 98 valence electrons. The second-order valence-electron chi connectivity index (χ2n) is 4.14. The molecule has 0 aromatic heterocycles. The van der Waals surface area contributed by atoms with Crippen LogP contribution in [0.1, 0.15) is 6.42 Å². The zero-order valence-electron chi connectivity index (χ0n) is 9.41. The smallest absolute Gasteiger partial charge is 0.307 e. The van der Waals surface area contributed by atoms with E-state index in [1.165, 1.54) is 12.1 Å². The standard InChI is InChI=1S/C11H12FNO4S/c12-9-1-3-10(4-2-9)18(16,17)13-6-5-8(7-13)11(14)15/h1-4,8H,5-7H2,(H,14,15). The first kappa shape index (κ1) is 13.0. The van der Waals surface area contributed by atoms with Crippen molar-refractivity contribution in [2.45, 2.75) is 11.3 Å². The Hall–Kier alpha value is -1.47. The van der Waals surface area contributed by atoms with Crippen molar-refractivity contribution in [3.8, 4) is 0 Å². The maximum Gasteiger partial charge on any atom is 0.307 e. The molecule has 1 heterocycles. The van der Waals surface area contributed by atoms with E-state index in [2.05, 4.69) is 0 Å². The van der Waals surface area contributed by atoms with Crippen LogP contribution in [-0.2, 0) is 14.8 Å². The highest BCUT2D eigenvalue weighted by molar-refractivity contribution is 7.89. The summed E-state index contributed by atoms with van der Waals surface area (Å²) in [4.78, 5) is 10.8. The van der Waals surface area contributed by atoms with Gasteiger partial charge >= 0.3 is 5.97 Å². The average molecular weight is 273 g/mol. The summed E-state index contributed by atoms with van der Waals surface area (Å²) in [5.41, 5.74) is 0. The lowest BCUT2D eigenvalue weighted by atomic mass is 10.1. The zero-order valence-corrected chi connectivity index (χ0v) is 10.2. The number of sulfonamides is 1. The lowest BCUT2D eigenvalue weighted by Gasteiger charge is -2.15. The second kappa shape index (κ2) is 4.66. The summed E-state index contributed by atoms with van der Waals surface area (Å²) in [6, 6.07) is 4.49. The number of hydrogen-bond acceptors (Lipinski definition) is 3. The van der Waals surface area contributed by atoms with Crippen molar-refractivity contribution in [3.63, 3.8) is 0 Å². The molecule has 7 heteroatoms. The molecule has 1 atom stereocenters. The number of benzene rings is 1. The van der Waals surface area contributed by atoms with Gasteiger partial charge in [-0.2, -0.15) is 4.31 Å². The van der Waals surface area contributed by atoms with Gasteiger partial charge in [-0.15, -0.1) is 0 Å². The predicted molar refractivity (Wildman–Crippen MR) is 60.9 cm³/mol. The highest BCUT2D eigenvalue weighted by Gasteiger charge is 2.35. The molecule has 0 radical (unpaired) electrons. The van der Waals surface area contributed by atoms with Crippen LogP contribution in [-0.4, -0.2) is 36.9 Å². The molecule has 1 aliphatic rings. The fourth-order valence-corrected chi connectivity index (χ4v) is 3.40. The summed E-state index contributed by atoms with van der Waals surface area (Å²) in [6.07, 6.45) is 0.301. The Morgan fingerprint density at radius 1 is 1.33 bits per heavy atom. The van der Waals surface area contributed by atoms with Crippen LogP contribution in [0.25, 0.3) is 0 Å². The molecule has 2 rings (SSSR count). The van der Waals surface area contributed by atoms with Crippen LogP contribution in [0.2, 0.25) is 0 Å². The molecule has 1 unspecified atom stereocenters. The summed E-state index contributed by atoms with van der Waals surface area (Å²) in [5.74, 6) is -2.18. The van der Waals surface area contributed by atoms with Gasteiger partial charge in [0.15, 0.2) is 0 Å². The SMILES string of the molecule is O=C(O)C1CCN(S(=O)(=O)c2ccc(F)cc2)C1. The third kappa shape index (κ3) is 2.37. The van der Waals surface area contributed by atoms with Crippen molar-refractivity contribution >= 4 is 16.0 Å². The van der Waals surface area contributed by atoms with Gasteiger partial charge in [0.2, 0.25) is 10.0 Å². The zero-order chi connectivity index (χ0) is 13.3. The third-order valence-electron chi connectivity index (χ3n) is 2.95. The topological polar surface area (TPSA) is 74.7 Å². The molecule has 5 nitrogen and oxygen atoms in total. The Morgan fingerprint density at radius 2 is 1.94 bits per heavy atom. The summed E-state index contributed by atoms with van der Waals surface area (Å²) < 4.78 is 38.1. The van der Waals surface area contributed by atoms with Crippen LogP contribution in [0.15, 0.2) is 29.2 Å². The van der Waals surface area contributed by atoms with Gasteiger partial charge in [0.05, 0.1) is 10.8 Å². The van der Waals surface area contributed by atoms with E-state index in [-0.39, 0.29) is 18.0 Å². The molecule has 1 N–H and O–H groups in total. The minimum absolute atomic E-state index is 0.0186. The van der Waals surface area contributed by atoms with E-state index < -0.39 is 27.7 Å². The van der Waals surface area contributed by atoms with Gasteiger partial charge in [0.1, 0.15) is 5.82 Å². The third-order valence-corrected chi connectivity index (χ3v) is 4.83. The van der Waals surface area contributed by atoms with Crippen molar-refractivity contribution in [1.29, 1.82) is 0 Å². The van der Waals surface area contributed by atoms with Crippen LogP contribution in [0, 0.1) is 11.7 Å². The Labute approximate surface area is 104 Å². The van der Waals surface area contributed by atoms with Gasteiger partial charge in [-0.25, -0.2) is 12.8 Å². The van der Waals surface area contributed by atoms with E-state index in [4.69, 9.17) is 5.11 Å². The van der Waals surface area contributed by atoms with Crippen LogP contribution in [0.5, 0.6) is 0 Å². The van der Waals surface area contributed by atoms with Gasteiger partial charge in [-0.1, -0.05) is 0 Å². The number of rotatable bonds is 3. The van der Waals surface area contributed by atoms with Crippen LogP contribution in [0.3, 0.4) is 0 Å². The van der Waals surface area contributed by atoms with Crippen molar-refractivity contribution in [1.82, 2.24) is 4.31 Å². The highest BCUT2D eigenvalue weighted by Crippen LogP contribution is 2.24. The Balaban J connectivity index is 2.22. The number of carboxylic acids is 1. The van der Waals surface area contributed by atoms with Crippen molar-refractivity contribution in [2.75, 3.05) is 13.1 Å². The Bertz CT molecular complexity index is 555. The fourth-order valence-electron chi connectivity index (χ4n) is 1.90. The van der Waals surface area contributed by atoms with E-state index >= 15 is 0 Å². The molecule has 1 aromatic carbocycles. The molecule has 1 aromatic rings. The van der Waals surface area contributed by atoms with Gasteiger partial charge in [-0.3, -0.25) is 4.79 Å². The van der Waals surface area contributed by atoms with Crippen LogP contribution in [0.4, 0.5) is 4.39 Å². The molecule has 0 spiro atoms. The van der Waals surface area contributed by atoms with Gasteiger partial charge in [0.25, 0.3) is 0 Å². The minimum Gasteiger partial charge on any atom is -0.481 e. The maximum atomic E-state index is 12.7. The van der Waals surface area contributed by atoms with Gasteiger partial charge < -0.3 is 5.11 Å². The van der Waals surface area contributed by atoms with Crippen molar-refractivity contribution < 1.29 is 22.7 Å². The molecule has 1 fully saturated rings. The normalized spacial score (nSPS) is 21.1. The van der Waals surface area contributed by atoms with Crippen LogP contribution < -0.4 is 0 Å². The monoisotopic (exact) mass is 273 g/mol. The molecule has 0 saturated carbocycles. The lowest BCUT2D eigenvalue weighted by Crippen LogP contribution is -2.30. The predicted octanol–water partition coefficient (Wildman–Crippen LogP) is 0.921.